The van der Waals surface area contributed by atoms with Crippen molar-refractivity contribution >= 4 is 7.75 Å². The van der Waals surface area contributed by atoms with Crippen molar-refractivity contribution in [3.8, 4) is 0 Å². The highest BCUT2D eigenvalue weighted by molar-refractivity contribution is 7.49. The van der Waals surface area contributed by atoms with Gasteiger partial charge in [-0.1, -0.05) is 24.3 Å². The summed E-state index contributed by atoms with van der Waals surface area (Å²) in [6.07, 6.45) is 0. The number of hydrogen-bond acceptors (Lipinski definition) is 1. The Morgan fingerprint density at radius 1 is 1.38 bits per heavy atom. The molecule has 0 aliphatic heterocycles. The SMILES string of the molecule is Cc1ccccc1CNP(=O)(O)O. The van der Waals surface area contributed by atoms with Crippen LogP contribution in [0.4, 0.5) is 0 Å². The van der Waals surface area contributed by atoms with Gasteiger partial charge in [0.25, 0.3) is 0 Å². The average molecular weight is 201 g/mol. The van der Waals surface area contributed by atoms with Crippen molar-refractivity contribution in [3.63, 3.8) is 0 Å². The molecule has 1 rings (SSSR count). The summed E-state index contributed by atoms with van der Waals surface area (Å²) < 4.78 is 10.5. The first-order valence-corrected chi connectivity index (χ1v) is 5.45. The first-order valence-electron chi connectivity index (χ1n) is 3.84. The van der Waals surface area contributed by atoms with Gasteiger partial charge < -0.3 is 9.79 Å². The lowest BCUT2D eigenvalue weighted by atomic mass is 10.1. The Balaban J connectivity index is 2.65. The van der Waals surface area contributed by atoms with Crippen molar-refractivity contribution in [2.45, 2.75) is 13.5 Å². The van der Waals surface area contributed by atoms with E-state index in [4.69, 9.17) is 9.79 Å². The van der Waals surface area contributed by atoms with Crippen molar-refractivity contribution in [3.05, 3.63) is 35.4 Å². The van der Waals surface area contributed by atoms with Crippen molar-refractivity contribution in [2.75, 3.05) is 0 Å². The van der Waals surface area contributed by atoms with E-state index in [0.717, 1.165) is 11.1 Å². The van der Waals surface area contributed by atoms with E-state index in [-0.39, 0.29) is 6.54 Å². The molecule has 0 amide bonds. The first kappa shape index (κ1) is 10.4. The van der Waals surface area contributed by atoms with Gasteiger partial charge in [-0.25, -0.2) is 9.65 Å². The molecule has 5 heteroatoms. The van der Waals surface area contributed by atoms with Crippen LogP contribution in [0.1, 0.15) is 11.1 Å². The summed E-state index contributed by atoms with van der Waals surface area (Å²) in [7, 11) is -4.10. The first-order chi connectivity index (χ1) is 5.99. The molecule has 0 atom stereocenters. The van der Waals surface area contributed by atoms with Crippen molar-refractivity contribution < 1.29 is 14.4 Å². The van der Waals surface area contributed by atoms with E-state index < -0.39 is 7.75 Å². The summed E-state index contributed by atoms with van der Waals surface area (Å²) in [4.78, 5) is 17.1. The van der Waals surface area contributed by atoms with E-state index >= 15 is 0 Å². The molecule has 72 valence electrons. The van der Waals surface area contributed by atoms with Gasteiger partial charge in [0.15, 0.2) is 0 Å². The molecule has 0 aliphatic rings. The zero-order chi connectivity index (χ0) is 9.90. The maximum absolute atomic E-state index is 10.5. The molecule has 0 unspecified atom stereocenters. The molecular weight excluding hydrogens is 189 g/mol. The number of rotatable bonds is 3. The van der Waals surface area contributed by atoms with E-state index in [1.807, 2.05) is 31.2 Å². The molecule has 4 nitrogen and oxygen atoms in total. The molecule has 1 aromatic rings. The third-order valence-electron chi connectivity index (χ3n) is 1.74. The van der Waals surface area contributed by atoms with Gasteiger partial charge in [0.2, 0.25) is 0 Å². The Morgan fingerprint density at radius 2 is 2.00 bits per heavy atom. The molecular formula is C8H12NO3P. The minimum atomic E-state index is -4.10. The lowest BCUT2D eigenvalue weighted by molar-refractivity contribution is 0.356. The molecule has 1 aromatic carbocycles. The highest BCUT2D eigenvalue weighted by Gasteiger charge is 2.11. The Morgan fingerprint density at radius 3 is 2.54 bits per heavy atom. The standard InChI is InChI=1S/C8H12NO3P/c1-7-4-2-3-5-8(7)6-9-13(10,11)12/h2-5H,6H2,1H3,(H3,9,10,11,12). The quantitative estimate of drug-likeness (QED) is 0.642. The average Bonchev–Trinajstić information content (AvgIpc) is 2.01. The van der Waals surface area contributed by atoms with Gasteiger partial charge in [0.05, 0.1) is 0 Å². The summed E-state index contributed by atoms with van der Waals surface area (Å²) in [5, 5.41) is 2.15. The van der Waals surface area contributed by atoms with Crippen LogP contribution in [-0.2, 0) is 11.1 Å². The second-order valence-electron chi connectivity index (χ2n) is 2.81. The van der Waals surface area contributed by atoms with Crippen LogP contribution in [0.3, 0.4) is 0 Å². The fraction of sp³-hybridized carbons (Fsp3) is 0.250. The molecule has 3 N–H and O–H groups in total. The third-order valence-corrected chi connectivity index (χ3v) is 2.31. The minimum absolute atomic E-state index is 0.191. The number of hydrogen-bond donors (Lipinski definition) is 3. The lowest BCUT2D eigenvalue weighted by Crippen LogP contribution is -2.09. The summed E-state index contributed by atoms with van der Waals surface area (Å²) in [5.74, 6) is 0. The summed E-state index contributed by atoms with van der Waals surface area (Å²) >= 11 is 0. The molecule has 0 aromatic heterocycles. The molecule has 0 bridgehead atoms. The summed E-state index contributed by atoms with van der Waals surface area (Å²) in [5.41, 5.74) is 1.91. The second-order valence-corrected chi connectivity index (χ2v) is 4.21. The van der Waals surface area contributed by atoms with Crippen molar-refractivity contribution in [1.29, 1.82) is 0 Å². The largest absolute Gasteiger partial charge is 0.400 e. The van der Waals surface area contributed by atoms with Crippen LogP contribution in [0.2, 0.25) is 0 Å². The van der Waals surface area contributed by atoms with Gasteiger partial charge in [0, 0.05) is 6.54 Å². The van der Waals surface area contributed by atoms with Gasteiger partial charge in [-0.05, 0) is 18.1 Å². The van der Waals surface area contributed by atoms with Gasteiger partial charge in [-0.3, -0.25) is 0 Å². The van der Waals surface area contributed by atoms with Crippen LogP contribution < -0.4 is 5.09 Å². The van der Waals surface area contributed by atoms with Crippen LogP contribution in [0.5, 0.6) is 0 Å². The maximum atomic E-state index is 10.5. The molecule has 0 radical (unpaired) electrons. The minimum Gasteiger partial charge on any atom is -0.313 e. The zero-order valence-electron chi connectivity index (χ0n) is 7.27. The van der Waals surface area contributed by atoms with Crippen LogP contribution in [-0.4, -0.2) is 9.79 Å². The Labute approximate surface area is 76.8 Å². The number of benzene rings is 1. The fourth-order valence-electron chi connectivity index (χ4n) is 0.997. The molecule has 0 spiro atoms. The van der Waals surface area contributed by atoms with Crippen molar-refractivity contribution in [2.24, 2.45) is 0 Å². The topological polar surface area (TPSA) is 69.6 Å². The van der Waals surface area contributed by atoms with Crippen LogP contribution in [0, 0.1) is 6.92 Å². The Hall–Kier alpha value is -0.670. The smallest absolute Gasteiger partial charge is 0.313 e. The molecule has 13 heavy (non-hydrogen) atoms. The van der Waals surface area contributed by atoms with Gasteiger partial charge in [0.1, 0.15) is 0 Å². The molecule has 0 saturated carbocycles. The normalized spacial score (nSPS) is 11.6. The highest BCUT2D eigenvalue weighted by Crippen LogP contribution is 2.28. The highest BCUT2D eigenvalue weighted by atomic mass is 31.2. The van der Waals surface area contributed by atoms with E-state index in [0.29, 0.717) is 0 Å². The maximum Gasteiger partial charge on any atom is 0.400 e. The van der Waals surface area contributed by atoms with Crippen LogP contribution in [0.25, 0.3) is 0 Å². The molecule has 0 saturated heterocycles. The lowest BCUT2D eigenvalue weighted by Gasteiger charge is -2.07. The van der Waals surface area contributed by atoms with E-state index in [2.05, 4.69) is 5.09 Å². The number of aryl methyl sites for hydroxylation is 1. The summed E-state index contributed by atoms with van der Waals surface area (Å²) in [6.45, 7) is 2.09. The number of nitrogens with one attached hydrogen (secondary N) is 1. The Bertz CT molecular complexity index is 334. The van der Waals surface area contributed by atoms with Crippen molar-refractivity contribution in [1.82, 2.24) is 5.09 Å². The van der Waals surface area contributed by atoms with Gasteiger partial charge >= 0.3 is 7.75 Å². The van der Waals surface area contributed by atoms with E-state index in [9.17, 15) is 4.57 Å². The molecule has 0 aliphatic carbocycles. The predicted molar refractivity (Wildman–Crippen MR) is 50.1 cm³/mol. The van der Waals surface area contributed by atoms with E-state index in [1.54, 1.807) is 0 Å². The van der Waals surface area contributed by atoms with Crippen LogP contribution in [0.15, 0.2) is 24.3 Å². The molecule has 0 heterocycles. The second kappa shape index (κ2) is 4.03. The third kappa shape index (κ3) is 3.70. The fourth-order valence-corrected chi connectivity index (χ4v) is 1.37. The van der Waals surface area contributed by atoms with Gasteiger partial charge in [-0.15, -0.1) is 0 Å². The van der Waals surface area contributed by atoms with Crippen LogP contribution >= 0.6 is 7.75 Å². The van der Waals surface area contributed by atoms with Gasteiger partial charge in [-0.2, -0.15) is 0 Å². The monoisotopic (exact) mass is 201 g/mol. The predicted octanol–water partition coefficient (Wildman–Crippen LogP) is 1.18. The molecule has 0 fully saturated rings. The summed E-state index contributed by atoms with van der Waals surface area (Å²) in [6, 6.07) is 7.45. The van der Waals surface area contributed by atoms with E-state index in [1.165, 1.54) is 0 Å². The zero-order valence-corrected chi connectivity index (χ0v) is 8.16. The Kier molecular flexibility index (Phi) is 3.22.